The van der Waals surface area contributed by atoms with Crippen molar-refractivity contribution in [2.45, 2.75) is 76.0 Å². The van der Waals surface area contributed by atoms with Crippen molar-refractivity contribution < 1.29 is 13.9 Å². The molecule has 1 amide bonds. The summed E-state index contributed by atoms with van der Waals surface area (Å²) in [5.41, 5.74) is 2.20. The third kappa shape index (κ3) is 5.28. The molecule has 7 heteroatoms. The third-order valence-corrected chi connectivity index (χ3v) is 6.16. The Morgan fingerprint density at radius 1 is 1.29 bits per heavy atom. The van der Waals surface area contributed by atoms with Crippen LogP contribution in [0, 0.1) is 13.8 Å². The molecule has 1 heterocycles. The lowest BCUT2D eigenvalue weighted by molar-refractivity contribution is -0.131. The van der Waals surface area contributed by atoms with E-state index in [1.807, 2.05) is 50.9 Å². The van der Waals surface area contributed by atoms with E-state index < -0.39 is 0 Å². The Morgan fingerprint density at radius 3 is 2.79 bits per heavy atom. The van der Waals surface area contributed by atoms with Gasteiger partial charge in [0.2, 0.25) is 5.91 Å². The summed E-state index contributed by atoms with van der Waals surface area (Å²) in [7, 11) is 1.91. The Bertz CT molecular complexity index is 802. The molecule has 0 bridgehead atoms. The minimum atomic E-state index is -0.264. The van der Waals surface area contributed by atoms with E-state index in [9.17, 15) is 4.79 Å². The topological polar surface area (TPSA) is 68.5 Å². The van der Waals surface area contributed by atoms with Crippen molar-refractivity contribution in [3.63, 3.8) is 0 Å². The minimum Gasteiger partial charge on any atom is -0.484 e. The van der Waals surface area contributed by atoms with Crippen LogP contribution in [0.5, 0.6) is 5.75 Å². The van der Waals surface area contributed by atoms with Crippen LogP contribution in [0.2, 0.25) is 0 Å². The second-order valence-electron chi connectivity index (χ2n) is 7.52. The average Bonchev–Trinajstić information content (AvgIpc) is 3.15. The smallest absolute Gasteiger partial charge is 0.277 e. The molecular weight excluding hydrogens is 374 g/mol. The predicted molar refractivity (Wildman–Crippen MR) is 110 cm³/mol. The van der Waals surface area contributed by atoms with Crippen LogP contribution in [0.1, 0.15) is 56.0 Å². The van der Waals surface area contributed by atoms with E-state index in [-0.39, 0.29) is 17.8 Å². The number of carbonyl (C=O) groups is 1. The van der Waals surface area contributed by atoms with Crippen LogP contribution in [0.25, 0.3) is 0 Å². The second-order valence-corrected chi connectivity index (χ2v) is 8.81. The van der Waals surface area contributed by atoms with Gasteiger partial charge in [-0.1, -0.05) is 43.2 Å². The maximum Gasteiger partial charge on any atom is 0.277 e. The van der Waals surface area contributed by atoms with Crippen molar-refractivity contribution >= 4 is 17.7 Å². The molecule has 1 aliphatic carbocycles. The summed E-state index contributed by atoms with van der Waals surface area (Å²) in [5.74, 6) is 1.33. The fourth-order valence-corrected chi connectivity index (χ4v) is 4.28. The number of nitrogens with zero attached hydrogens (tertiary/aromatic N) is 3. The van der Waals surface area contributed by atoms with Gasteiger partial charge in [0.25, 0.3) is 11.1 Å². The first-order valence-corrected chi connectivity index (χ1v) is 10.8. The molecule has 28 heavy (non-hydrogen) atoms. The minimum absolute atomic E-state index is 0.114. The van der Waals surface area contributed by atoms with E-state index in [1.54, 1.807) is 0 Å². The van der Waals surface area contributed by atoms with E-state index in [4.69, 9.17) is 9.15 Å². The molecule has 6 nitrogen and oxygen atoms in total. The SMILES string of the molecule is Cc1ccc(C)c(OCc2nnc(SC(C)C(=O)N(C)C3CCCCC3)o2)c1. The van der Waals surface area contributed by atoms with E-state index in [0.29, 0.717) is 17.2 Å². The Labute approximate surface area is 171 Å². The fraction of sp³-hybridized carbons (Fsp3) is 0.571. The lowest BCUT2D eigenvalue weighted by Gasteiger charge is -2.32. The predicted octanol–water partition coefficient (Wildman–Crippen LogP) is 4.54. The number of amides is 1. The van der Waals surface area contributed by atoms with Crippen LogP contribution in [0.15, 0.2) is 27.8 Å². The average molecular weight is 404 g/mol. The lowest BCUT2D eigenvalue weighted by Crippen LogP contribution is -2.42. The van der Waals surface area contributed by atoms with Gasteiger partial charge >= 0.3 is 0 Å². The van der Waals surface area contributed by atoms with E-state index in [0.717, 1.165) is 29.7 Å². The van der Waals surface area contributed by atoms with Crippen LogP contribution < -0.4 is 4.74 Å². The van der Waals surface area contributed by atoms with Crippen LogP contribution in [0.4, 0.5) is 0 Å². The van der Waals surface area contributed by atoms with E-state index >= 15 is 0 Å². The molecule has 2 aromatic rings. The quantitative estimate of drug-likeness (QED) is 0.632. The first kappa shape index (κ1) is 20.7. The monoisotopic (exact) mass is 403 g/mol. The number of hydrogen-bond donors (Lipinski definition) is 0. The first-order valence-electron chi connectivity index (χ1n) is 9.90. The number of ether oxygens (including phenoxy) is 1. The highest BCUT2D eigenvalue weighted by atomic mass is 32.2. The van der Waals surface area contributed by atoms with Gasteiger partial charge in [0.05, 0.1) is 5.25 Å². The fourth-order valence-electron chi connectivity index (χ4n) is 3.48. The summed E-state index contributed by atoms with van der Waals surface area (Å²) in [6.07, 6.45) is 5.88. The Hall–Kier alpha value is -2.02. The number of rotatable bonds is 7. The highest BCUT2D eigenvalue weighted by Crippen LogP contribution is 2.27. The molecular formula is C21H29N3O3S. The van der Waals surface area contributed by atoms with Crippen molar-refractivity contribution in [2.75, 3.05) is 7.05 Å². The molecule has 1 aliphatic rings. The zero-order valence-corrected chi connectivity index (χ0v) is 17.9. The number of carbonyl (C=O) groups excluding carboxylic acids is 1. The van der Waals surface area contributed by atoms with Crippen LogP contribution in [-0.2, 0) is 11.4 Å². The van der Waals surface area contributed by atoms with Crippen molar-refractivity contribution in [1.29, 1.82) is 0 Å². The lowest BCUT2D eigenvalue weighted by atomic mass is 9.94. The van der Waals surface area contributed by atoms with Gasteiger partial charge < -0.3 is 14.1 Å². The highest BCUT2D eigenvalue weighted by molar-refractivity contribution is 8.00. The molecule has 0 aliphatic heterocycles. The molecule has 0 radical (unpaired) electrons. The summed E-state index contributed by atoms with van der Waals surface area (Å²) in [6.45, 7) is 6.13. The molecule has 0 spiro atoms. The van der Waals surface area contributed by atoms with E-state index in [1.165, 1.54) is 31.0 Å². The molecule has 1 unspecified atom stereocenters. The van der Waals surface area contributed by atoms with Gasteiger partial charge in [-0.2, -0.15) is 0 Å². The van der Waals surface area contributed by atoms with Crippen molar-refractivity contribution in [3.8, 4) is 5.75 Å². The summed E-state index contributed by atoms with van der Waals surface area (Å²) in [5, 5.41) is 8.24. The molecule has 152 valence electrons. The number of aromatic nitrogens is 2. The maximum absolute atomic E-state index is 12.7. The van der Waals surface area contributed by atoms with Crippen molar-refractivity contribution in [1.82, 2.24) is 15.1 Å². The Balaban J connectivity index is 1.53. The van der Waals surface area contributed by atoms with Crippen molar-refractivity contribution in [2.24, 2.45) is 0 Å². The van der Waals surface area contributed by atoms with Gasteiger partial charge in [-0.15, -0.1) is 10.2 Å². The van der Waals surface area contributed by atoms with Gasteiger partial charge in [-0.3, -0.25) is 4.79 Å². The molecule has 0 N–H and O–H groups in total. The number of aryl methyl sites for hydroxylation is 2. The van der Waals surface area contributed by atoms with Gasteiger partial charge in [-0.25, -0.2) is 0 Å². The van der Waals surface area contributed by atoms with Gasteiger partial charge in [0.15, 0.2) is 6.61 Å². The Kier molecular flexibility index (Phi) is 6.99. The number of hydrogen-bond acceptors (Lipinski definition) is 6. The maximum atomic E-state index is 12.7. The van der Waals surface area contributed by atoms with Crippen LogP contribution >= 0.6 is 11.8 Å². The molecule has 1 aromatic heterocycles. The zero-order chi connectivity index (χ0) is 20.1. The second kappa shape index (κ2) is 9.45. The van der Waals surface area contributed by atoms with Gasteiger partial charge in [0.1, 0.15) is 5.75 Å². The standard InChI is InChI=1S/C21H29N3O3S/c1-14-10-11-15(2)18(12-14)26-13-19-22-23-21(27-19)28-16(3)20(25)24(4)17-8-6-5-7-9-17/h10-12,16-17H,5-9,13H2,1-4H3. The normalized spacial score (nSPS) is 16.0. The number of benzene rings is 1. The van der Waals surface area contributed by atoms with Gasteiger partial charge in [-0.05, 0) is 50.8 Å². The summed E-state index contributed by atoms with van der Waals surface area (Å²) >= 11 is 1.31. The van der Waals surface area contributed by atoms with Gasteiger partial charge in [0, 0.05) is 13.1 Å². The Morgan fingerprint density at radius 2 is 2.04 bits per heavy atom. The molecule has 1 atom stereocenters. The van der Waals surface area contributed by atoms with Crippen molar-refractivity contribution in [3.05, 3.63) is 35.2 Å². The van der Waals surface area contributed by atoms with E-state index in [2.05, 4.69) is 10.2 Å². The summed E-state index contributed by atoms with van der Waals surface area (Å²) < 4.78 is 11.5. The summed E-state index contributed by atoms with van der Waals surface area (Å²) in [6, 6.07) is 6.42. The van der Waals surface area contributed by atoms with Crippen LogP contribution in [-0.4, -0.2) is 39.3 Å². The van der Waals surface area contributed by atoms with Crippen LogP contribution in [0.3, 0.4) is 0 Å². The first-order chi connectivity index (χ1) is 13.4. The molecule has 3 rings (SSSR count). The molecule has 1 saturated carbocycles. The number of thioether (sulfide) groups is 1. The third-order valence-electron chi connectivity index (χ3n) is 5.24. The zero-order valence-electron chi connectivity index (χ0n) is 17.1. The highest BCUT2D eigenvalue weighted by Gasteiger charge is 2.27. The molecule has 0 saturated heterocycles. The molecule has 1 fully saturated rings. The molecule has 1 aromatic carbocycles. The summed E-state index contributed by atoms with van der Waals surface area (Å²) in [4.78, 5) is 14.6. The largest absolute Gasteiger partial charge is 0.484 e.